The van der Waals surface area contributed by atoms with Crippen LogP contribution < -0.4 is 5.73 Å². The van der Waals surface area contributed by atoms with E-state index in [1.54, 1.807) is 0 Å². The predicted octanol–water partition coefficient (Wildman–Crippen LogP) is 1.06. The topological polar surface area (TPSA) is 69.6 Å². The van der Waals surface area contributed by atoms with Gasteiger partial charge in [0.15, 0.2) is 5.82 Å². The summed E-state index contributed by atoms with van der Waals surface area (Å²) >= 11 is 0. The SMILES string of the molecule is NCc1nnnn1C12CC3CC(CC(C3)C1)C2. The fourth-order valence-electron chi connectivity index (χ4n) is 5.03. The van der Waals surface area contributed by atoms with Gasteiger partial charge in [0, 0.05) is 0 Å². The molecule has 17 heavy (non-hydrogen) atoms. The van der Waals surface area contributed by atoms with Gasteiger partial charge in [-0.05, 0) is 66.7 Å². The average molecular weight is 233 g/mol. The molecule has 4 bridgehead atoms. The minimum atomic E-state index is 0.215. The van der Waals surface area contributed by atoms with Crippen molar-refractivity contribution < 1.29 is 0 Å². The highest BCUT2D eigenvalue weighted by molar-refractivity contribution is 5.06. The summed E-state index contributed by atoms with van der Waals surface area (Å²) in [4.78, 5) is 0. The van der Waals surface area contributed by atoms with Crippen molar-refractivity contribution >= 4 is 0 Å². The van der Waals surface area contributed by atoms with Gasteiger partial charge in [-0.2, -0.15) is 0 Å². The summed E-state index contributed by atoms with van der Waals surface area (Å²) in [5.74, 6) is 3.61. The number of hydrogen-bond donors (Lipinski definition) is 1. The minimum Gasteiger partial charge on any atom is -0.324 e. The van der Waals surface area contributed by atoms with Gasteiger partial charge in [-0.1, -0.05) is 0 Å². The lowest BCUT2D eigenvalue weighted by molar-refractivity contribution is -0.0516. The van der Waals surface area contributed by atoms with Gasteiger partial charge in [-0.25, -0.2) is 4.68 Å². The highest BCUT2D eigenvalue weighted by atomic mass is 15.6. The number of hydrogen-bond acceptors (Lipinski definition) is 4. The van der Waals surface area contributed by atoms with Crippen LogP contribution in [-0.4, -0.2) is 20.2 Å². The van der Waals surface area contributed by atoms with Gasteiger partial charge in [-0.3, -0.25) is 0 Å². The van der Waals surface area contributed by atoms with E-state index in [2.05, 4.69) is 20.2 Å². The first kappa shape index (κ1) is 10.00. The van der Waals surface area contributed by atoms with E-state index >= 15 is 0 Å². The molecule has 1 aromatic heterocycles. The summed E-state index contributed by atoms with van der Waals surface area (Å²) < 4.78 is 2.08. The Morgan fingerprint density at radius 2 is 1.71 bits per heavy atom. The molecule has 0 unspecified atom stereocenters. The zero-order chi connectivity index (χ0) is 11.5. The van der Waals surface area contributed by atoms with Crippen molar-refractivity contribution in [2.24, 2.45) is 23.5 Å². The summed E-state index contributed by atoms with van der Waals surface area (Å²) in [6, 6.07) is 0. The molecule has 5 heteroatoms. The van der Waals surface area contributed by atoms with Crippen molar-refractivity contribution in [1.82, 2.24) is 20.2 Å². The molecule has 0 aliphatic heterocycles. The molecular formula is C12H19N5. The van der Waals surface area contributed by atoms with Gasteiger partial charge in [-0.15, -0.1) is 5.10 Å². The molecule has 5 rings (SSSR count). The summed E-state index contributed by atoms with van der Waals surface area (Å²) in [6.07, 6.45) is 8.16. The van der Waals surface area contributed by atoms with Crippen molar-refractivity contribution in [3.05, 3.63) is 5.82 Å². The second-order valence-corrected chi connectivity index (χ2v) is 6.35. The third-order valence-corrected chi connectivity index (χ3v) is 5.17. The standard InChI is InChI=1S/C12H19N5/c13-7-11-14-15-16-17(11)12-4-8-1-9(5-12)3-10(2-8)6-12/h8-10H,1-7,13H2. The molecule has 1 heterocycles. The molecule has 4 fully saturated rings. The lowest BCUT2D eigenvalue weighted by atomic mass is 9.53. The third-order valence-electron chi connectivity index (χ3n) is 5.17. The van der Waals surface area contributed by atoms with E-state index in [-0.39, 0.29) is 5.54 Å². The summed E-state index contributed by atoms with van der Waals surface area (Å²) in [5.41, 5.74) is 5.97. The van der Waals surface area contributed by atoms with Gasteiger partial charge >= 0.3 is 0 Å². The Morgan fingerprint density at radius 1 is 1.12 bits per heavy atom. The first-order chi connectivity index (χ1) is 8.29. The molecule has 4 aliphatic rings. The first-order valence-corrected chi connectivity index (χ1v) is 6.77. The lowest BCUT2D eigenvalue weighted by Gasteiger charge is -2.56. The quantitative estimate of drug-likeness (QED) is 0.829. The molecule has 5 nitrogen and oxygen atoms in total. The maximum Gasteiger partial charge on any atom is 0.165 e. The van der Waals surface area contributed by atoms with Crippen molar-refractivity contribution in [3.8, 4) is 0 Å². The fourth-order valence-corrected chi connectivity index (χ4v) is 5.03. The van der Waals surface area contributed by atoms with Crippen molar-refractivity contribution in [1.29, 1.82) is 0 Å². The van der Waals surface area contributed by atoms with Gasteiger partial charge in [0.2, 0.25) is 0 Å². The van der Waals surface area contributed by atoms with Gasteiger partial charge in [0.1, 0.15) is 0 Å². The number of nitrogens with zero attached hydrogens (tertiary/aromatic N) is 4. The van der Waals surface area contributed by atoms with Crippen molar-refractivity contribution in [2.75, 3.05) is 0 Å². The van der Waals surface area contributed by atoms with Crippen molar-refractivity contribution in [3.63, 3.8) is 0 Å². The summed E-state index contributed by atoms with van der Waals surface area (Å²) in [7, 11) is 0. The zero-order valence-corrected chi connectivity index (χ0v) is 10.0. The van der Waals surface area contributed by atoms with Crippen LogP contribution >= 0.6 is 0 Å². The number of aromatic nitrogens is 4. The van der Waals surface area contributed by atoms with E-state index < -0.39 is 0 Å². The van der Waals surface area contributed by atoms with Gasteiger partial charge < -0.3 is 5.73 Å². The smallest absolute Gasteiger partial charge is 0.165 e. The molecule has 0 radical (unpaired) electrons. The Hall–Kier alpha value is -0.970. The molecular weight excluding hydrogens is 214 g/mol. The third kappa shape index (κ3) is 1.32. The zero-order valence-electron chi connectivity index (χ0n) is 10.0. The Morgan fingerprint density at radius 3 is 2.24 bits per heavy atom. The Kier molecular flexibility index (Phi) is 1.93. The Bertz CT molecular complexity index is 403. The maximum absolute atomic E-state index is 5.75. The van der Waals surface area contributed by atoms with Crippen LogP contribution in [0.5, 0.6) is 0 Å². The van der Waals surface area contributed by atoms with E-state index in [4.69, 9.17) is 5.73 Å². The molecule has 92 valence electrons. The maximum atomic E-state index is 5.75. The largest absolute Gasteiger partial charge is 0.324 e. The van der Waals surface area contributed by atoms with E-state index in [0.717, 1.165) is 23.6 Å². The van der Waals surface area contributed by atoms with Gasteiger partial charge in [0.05, 0.1) is 12.1 Å². The van der Waals surface area contributed by atoms with E-state index in [0.29, 0.717) is 6.54 Å². The minimum absolute atomic E-state index is 0.215. The molecule has 2 N–H and O–H groups in total. The molecule has 0 saturated heterocycles. The summed E-state index contributed by atoms with van der Waals surface area (Å²) in [6.45, 7) is 0.453. The molecule has 0 aromatic carbocycles. The summed E-state index contributed by atoms with van der Waals surface area (Å²) in [5, 5.41) is 12.2. The predicted molar refractivity (Wildman–Crippen MR) is 61.9 cm³/mol. The highest BCUT2D eigenvalue weighted by Gasteiger charge is 2.53. The lowest BCUT2D eigenvalue weighted by Crippen LogP contribution is -2.52. The monoisotopic (exact) mass is 233 g/mol. The first-order valence-electron chi connectivity index (χ1n) is 6.77. The second-order valence-electron chi connectivity index (χ2n) is 6.35. The van der Waals surface area contributed by atoms with Crippen LogP contribution in [0, 0.1) is 17.8 Å². The van der Waals surface area contributed by atoms with Crippen LogP contribution in [0.4, 0.5) is 0 Å². The Labute approximate surface area is 101 Å². The molecule has 0 amide bonds. The van der Waals surface area contributed by atoms with Crippen molar-refractivity contribution in [2.45, 2.75) is 50.6 Å². The molecule has 0 atom stereocenters. The Balaban J connectivity index is 1.77. The normalized spacial score (nSPS) is 43.2. The van der Waals surface area contributed by atoms with Crippen LogP contribution in [0.2, 0.25) is 0 Å². The van der Waals surface area contributed by atoms with Crippen LogP contribution in [0.15, 0.2) is 0 Å². The van der Waals surface area contributed by atoms with Crippen LogP contribution in [-0.2, 0) is 12.1 Å². The molecule has 4 saturated carbocycles. The van der Waals surface area contributed by atoms with E-state index in [9.17, 15) is 0 Å². The van der Waals surface area contributed by atoms with E-state index in [1.165, 1.54) is 38.5 Å². The van der Waals surface area contributed by atoms with Crippen LogP contribution in [0.3, 0.4) is 0 Å². The van der Waals surface area contributed by atoms with Crippen LogP contribution in [0.1, 0.15) is 44.3 Å². The number of tetrazole rings is 1. The second kappa shape index (κ2) is 3.28. The fraction of sp³-hybridized carbons (Fsp3) is 0.917. The van der Waals surface area contributed by atoms with E-state index in [1.807, 2.05) is 0 Å². The van der Waals surface area contributed by atoms with Gasteiger partial charge in [0.25, 0.3) is 0 Å². The highest BCUT2D eigenvalue weighted by Crippen LogP contribution is 2.58. The number of nitrogens with two attached hydrogens (primary N) is 1. The molecule has 1 aromatic rings. The average Bonchev–Trinajstić information content (AvgIpc) is 2.75. The molecule has 0 spiro atoms. The molecule has 4 aliphatic carbocycles. The number of rotatable bonds is 2. The van der Waals surface area contributed by atoms with Crippen LogP contribution in [0.25, 0.3) is 0 Å².